The zero-order valence-corrected chi connectivity index (χ0v) is 17.7. The molecule has 3 aliphatic rings. The molecule has 0 bridgehead atoms. The first kappa shape index (κ1) is 20.1. The Balaban J connectivity index is 1.27. The van der Waals surface area contributed by atoms with E-state index in [9.17, 15) is 4.79 Å². The van der Waals surface area contributed by atoms with Crippen LogP contribution in [0.4, 0.5) is 0 Å². The Morgan fingerprint density at radius 3 is 2.39 bits per heavy atom. The summed E-state index contributed by atoms with van der Waals surface area (Å²) in [5, 5.41) is 12.1. The number of aromatic nitrogens is 4. The molecule has 1 aromatic rings. The largest absolute Gasteiger partial charge is 0.341 e. The summed E-state index contributed by atoms with van der Waals surface area (Å²) < 4.78 is 1.71. The van der Waals surface area contributed by atoms with Crippen LogP contribution in [0.1, 0.15) is 44.3 Å². The Hall–Kier alpha value is -1.19. The lowest BCUT2D eigenvalue weighted by Gasteiger charge is -2.40. The topological polar surface area (TPSA) is 70.4 Å². The number of hydrogen-bond donors (Lipinski definition) is 0. The molecule has 4 rings (SSSR count). The smallest absolute Gasteiger partial charge is 0.244 e. The first-order valence-electron chi connectivity index (χ1n) is 10.9. The lowest BCUT2D eigenvalue weighted by molar-refractivity contribution is -0.133. The standard InChI is InChI=1S/C19H33N7OS/c27-19(25-9-5-17(6-10-25)24-11-13-28-14-12-24)16-26-18(20-21-22-26)15-23-7-3-1-2-4-8-23/h17H,1-16H2. The minimum atomic E-state index is 0.150. The molecule has 8 nitrogen and oxygen atoms in total. The van der Waals surface area contributed by atoms with Gasteiger partial charge in [-0.3, -0.25) is 14.6 Å². The zero-order chi connectivity index (χ0) is 19.2. The number of carbonyl (C=O) groups is 1. The van der Waals surface area contributed by atoms with Crippen molar-refractivity contribution in [3.63, 3.8) is 0 Å². The average molecular weight is 408 g/mol. The normalized spacial score (nSPS) is 23.6. The molecule has 0 radical (unpaired) electrons. The maximum Gasteiger partial charge on any atom is 0.244 e. The van der Waals surface area contributed by atoms with Crippen LogP contribution in [0.5, 0.6) is 0 Å². The highest BCUT2D eigenvalue weighted by Crippen LogP contribution is 2.21. The molecule has 3 saturated heterocycles. The second-order valence-corrected chi connectivity index (χ2v) is 9.43. The van der Waals surface area contributed by atoms with Crippen molar-refractivity contribution < 1.29 is 4.79 Å². The Labute approximate surface area is 172 Å². The van der Waals surface area contributed by atoms with Crippen LogP contribution in [-0.2, 0) is 17.9 Å². The van der Waals surface area contributed by atoms with E-state index < -0.39 is 0 Å². The molecule has 4 heterocycles. The van der Waals surface area contributed by atoms with E-state index in [1.165, 1.54) is 50.3 Å². The Morgan fingerprint density at radius 2 is 1.68 bits per heavy atom. The fourth-order valence-electron chi connectivity index (χ4n) is 4.60. The van der Waals surface area contributed by atoms with Crippen molar-refractivity contribution in [2.24, 2.45) is 0 Å². The number of rotatable bonds is 5. The Bertz CT molecular complexity index is 618. The lowest BCUT2D eigenvalue weighted by Crippen LogP contribution is -2.49. The van der Waals surface area contributed by atoms with Gasteiger partial charge in [-0.05, 0) is 49.2 Å². The molecule has 28 heavy (non-hydrogen) atoms. The van der Waals surface area contributed by atoms with E-state index in [1.807, 2.05) is 4.90 Å². The van der Waals surface area contributed by atoms with Gasteiger partial charge in [0.15, 0.2) is 5.82 Å². The number of tetrazole rings is 1. The highest BCUT2D eigenvalue weighted by atomic mass is 32.2. The van der Waals surface area contributed by atoms with Crippen LogP contribution in [0.25, 0.3) is 0 Å². The second-order valence-electron chi connectivity index (χ2n) is 8.20. The van der Waals surface area contributed by atoms with E-state index in [-0.39, 0.29) is 12.5 Å². The lowest BCUT2D eigenvalue weighted by atomic mass is 10.0. The molecule has 3 aliphatic heterocycles. The number of amides is 1. The molecule has 0 saturated carbocycles. The summed E-state index contributed by atoms with van der Waals surface area (Å²) >= 11 is 2.05. The highest BCUT2D eigenvalue weighted by molar-refractivity contribution is 7.99. The van der Waals surface area contributed by atoms with Crippen LogP contribution >= 0.6 is 11.8 Å². The Kier molecular flexibility index (Phi) is 7.20. The maximum absolute atomic E-state index is 12.8. The second kappa shape index (κ2) is 10.0. The van der Waals surface area contributed by atoms with E-state index >= 15 is 0 Å². The minimum Gasteiger partial charge on any atom is -0.341 e. The molecule has 0 N–H and O–H groups in total. The van der Waals surface area contributed by atoms with Crippen LogP contribution in [0.15, 0.2) is 0 Å². The first-order valence-corrected chi connectivity index (χ1v) is 12.0. The van der Waals surface area contributed by atoms with Gasteiger partial charge in [0.25, 0.3) is 0 Å². The molecule has 3 fully saturated rings. The van der Waals surface area contributed by atoms with Crippen LogP contribution in [0.2, 0.25) is 0 Å². The number of likely N-dealkylation sites (tertiary alicyclic amines) is 2. The predicted octanol–water partition coefficient (Wildman–Crippen LogP) is 1.09. The van der Waals surface area contributed by atoms with Crippen LogP contribution in [0.3, 0.4) is 0 Å². The summed E-state index contributed by atoms with van der Waals surface area (Å²) in [4.78, 5) is 19.9. The van der Waals surface area contributed by atoms with Crippen LogP contribution < -0.4 is 0 Å². The first-order chi connectivity index (χ1) is 13.8. The van der Waals surface area contributed by atoms with Gasteiger partial charge in [-0.25, -0.2) is 4.68 Å². The van der Waals surface area contributed by atoms with Crippen molar-refractivity contribution in [3.05, 3.63) is 5.82 Å². The van der Waals surface area contributed by atoms with Crippen LogP contribution in [0, 0.1) is 0 Å². The third-order valence-electron chi connectivity index (χ3n) is 6.33. The molecule has 0 spiro atoms. The quantitative estimate of drug-likeness (QED) is 0.724. The molecule has 156 valence electrons. The van der Waals surface area contributed by atoms with E-state index in [4.69, 9.17) is 0 Å². The number of piperidine rings is 1. The molecule has 0 unspecified atom stereocenters. The van der Waals surface area contributed by atoms with E-state index in [0.717, 1.165) is 51.4 Å². The van der Waals surface area contributed by atoms with Gasteiger partial charge in [0.1, 0.15) is 6.54 Å². The van der Waals surface area contributed by atoms with E-state index in [2.05, 4.69) is 37.1 Å². The third-order valence-corrected chi connectivity index (χ3v) is 7.28. The van der Waals surface area contributed by atoms with Gasteiger partial charge >= 0.3 is 0 Å². The summed E-state index contributed by atoms with van der Waals surface area (Å²) in [5.41, 5.74) is 0. The van der Waals surface area contributed by atoms with Gasteiger partial charge in [0.05, 0.1) is 6.54 Å². The summed E-state index contributed by atoms with van der Waals surface area (Å²) in [7, 11) is 0. The van der Waals surface area contributed by atoms with Crippen molar-refractivity contribution in [2.75, 3.05) is 50.8 Å². The van der Waals surface area contributed by atoms with Gasteiger partial charge in [-0.15, -0.1) is 5.10 Å². The molecule has 0 aromatic carbocycles. The Morgan fingerprint density at radius 1 is 0.964 bits per heavy atom. The molecular weight excluding hydrogens is 374 g/mol. The summed E-state index contributed by atoms with van der Waals surface area (Å²) in [6.07, 6.45) is 7.29. The molecule has 0 atom stereocenters. The zero-order valence-electron chi connectivity index (χ0n) is 16.8. The van der Waals surface area contributed by atoms with Gasteiger partial charge in [0, 0.05) is 43.7 Å². The molecular formula is C19H33N7OS. The van der Waals surface area contributed by atoms with E-state index in [1.54, 1.807) is 4.68 Å². The van der Waals surface area contributed by atoms with Crippen molar-refractivity contribution in [1.82, 2.24) is 34.9 Å². The number of nitrogens with zero attached hydrogens (tertiary/aromatic N) is 7. The van der Waals surface area contributed by atoms with Crippen molar-refractivity contribution >= 4 is 17.7 Å². The molecule has 0 aliphatic carbocycles. The third kappa shape index (κ3) is 5.24. The van der Waals surface area contributed by atoms with Crippen molar-refractivity contribution in [2.45, 2.75) is 57.7 Å². The average Bonchev–Trinajstić information content (AvgIpc) is 3.00. The van der Waals surface area contributed by atoms with Gasteiger partial charge in [0.2, 0.25) is 5.91 Å². The van der Waals surface area contributed by atoms with E-state index in [0.29, 0.717) is 6.04 Å². The van der Waals surface area contributed by atoms with Gasteiger partial charge < -0.3 is 4.90 Å². The highest BCUT2D eigenvalue weighted by Gasteiger charge is 2.28. The van der Waals surface area contributed by atoms with Crippen molar-refractivity contribution in [3.8, 4) is 0 Å². The van der Waals surface area contributed by atoms with Gasteiger partial charge in [-0.1, -0.05) is 12.8 Å². The minimum absolute atomic E-state index is 0.150. The number of thioether (sulfide) groups is 1. The van der Waals surface area contributed by atoms with Gasteiger partial charge in [-0.2, -0.15) is 11.8 Å². The van der Waals surface area contributed by atoms with Crippen molar-refractivity contribution in [1.29, 1.82) is 0 Å². The fourth-order valence-corrected chi connectivity index (χ4v) is 5.54. The summed E-state index contributed by atoms with van der Waals surface area (Å²) in [6.45, 7) is 7.33. The number of carbonyl (C=O) groups excluding carboxylic acids is 1. The molecule has 1 amide bonds. The monoisotopic (exact) mass is 407 g/mol. The SMILES string of the molecule is O=C(Cn1nnnc1CN1CCCCCC1)N1CCC(N2CCSCC2)CC1. The van der Waals surface area contributed by atoms with Crippen LogP contribution in [-0.4, -0.2) is 97.6 Å². The molecule has 1 aromatic heterocycles. The molecule has 9 heteroatoms. The summed E-state index contributed by atoms with van der Waals surface area (Å²) in [6, 6.07) is 0.650. The number of hydrogen-bond acceptors (Lipinski definition) is 7. The summed E-state index contributed by atoms with van der Waals surface area (Å²) in [5.74, 6) is 3.46. The maximum atomic E-state index is 12.8. The predicted molar refractivity (Wildman–Crippen MR) is 110 cm³/mol. The fraction of sp³-hybridized carbons (Fsp3) is 0.895.